The summed E-state index contributed by atoms with van der Waals surface area (Å²) in [5.74, 6) is 0.412. The fraction of sp³-hybridized carbons (Fsp3) is 0.231. The average Bonchev–Trinajstić information content (AvgIpc) is 2.47. The maximum absolute atomic E-state index is 12.7. The Morgan fingerprint density at radius 1 is 1.24 bits per heavy atom. The van der Waals surface area contributed by atoms with Crippen molar-refractivity contribution in [3.63, 3.8) is 0 Å². The number of hydrogen-bond acceptors (Lipinski definition) is 5. The van der Waals surface area contributed by atoms with E-state index in [4.69, 9.17) is 17.3 Å². The van der Waals surface area contributed by atoms with Crippen molar-refractivity contribution in [2.24, 2.45) is 0 Å². The van der Waals surface area contributed by atoms with Crippen LogP contribution in [0.5, 0.6) is 0 Å². The van der Waals surface area contributed by atoms with Gasteiger partial charge in [-0.1, -0.05) is 23.7 Å². The van der Waals surface area contributed by atoms with E-state index in [0.717, 1.165) is 5.56 Å². The minimum atomic E-state index is -3.65. The molecule has 0 spiro atoms. The molecule has 0 unspecified atom stereocenters. The minimum absolute atomic E-state index is 0.108. The van der Waals surface area contributed by atoms with Crippen LogP contribution < -0.4 is 5.73 Å². The molecule has 1 aromatic carbocycles. The van der Waals surface area contributed by atoms with E-state index in [1.165, 1.54) is 16.7 Å². The highest BCUT2D eigenvalue weighted by Gasteiger charge is 2.31. The van der Waals surface area contributed by atoms with E-state index >= 15 is 0 Å². The zero-order valence-corrected chi connectivity index (χ0v) is 12.6. The van der Waals surface area contributed by atoms with Gasteiger partial charge in [0, 0.05) is 12.1 Å². The van der Waals surface area contributed by atoms with Gasteiger partial charge in [0.15, 0.2) is 0 Å². The minimum Gasteiger partial charge on any atom is -0.383 e. The second-order valence-electron chi connectivity index (χ2n) is 4.70. The molecule has 0 fully saturated rings. The Hall–Kier alpha value is -1.70. The van der Waals surface area contributed by atoms with Gasteiger partial charge in [-0.2, -0.15) is 4.31 Å². The van der Waals surface area contributed by atoms with Crippen LogP contribution in [0.3, 0.4) is 0 Å². The molecule has 1 aliphatic heterocycles. The lowest BCUT2D eigenvalue weighted by Gasteiger charge is -2.27. The van der Waals surface area contributed by atoms with Crippen molar-refractivity contribution < 1.29 is 8.42 Å². The molecule has 3 rings (SSSR count). The smallest absolute Gasteiger partial charge is 0.244 e. The molecule has 0 saturated heterocycles. The number of nitrogen functional groups attached to an aromatic ring is 1. The number of nitrogens with zero attached hydrogens (tertiary/aromatic N) is 3. The molecule has 110 valence electrons. The number of halogens is 1. The summed E-state index contributed by atoms with van der Waals surface area (Å²) >= 11 is 6.00. The third-order valence-electron chi connectivity index (χ3n) is 3.46. The number of benzene rings is 1. The van der Waals surface area contributed by atoms with Crippen LogP contribution in [0.4, 0.5) is 5.82 Å². The highest BCUT2D eigenvalue weighted by atomic mass is 35.5. The zero-order valence-electron chi connectivity index (χ0n) is 11.0. The van der Waals surface area contributed by atoms with E-state index in [1.807, 2.05) is 0 Å². The first-order valence-electron chi connectivity index (χ1n) is 6.33. The van der Waals surface area contributed by atoms with Gasteiger partial charge in [0.1, 0.15) is 17.0 Å². The van der Waals surface area contributed by atoms with Gasteiger partial charge in [-0.25, -0.2) is 18.4 Å². The third-order valence-corrected chi connectivity index (χ3v) is 5.80. The summed E-state index contributed by atoms with van der Waals surface area (Å²) in [6.07, 6.45) is 1.84. The van der Waals surface area contributed by atoms with Gasteiger partial charge in [-0.05, 0) is 18.6 Å². The first kappa shape index (κ1) is 14.2. The van der Waals surface area contributed by atoms with Gasteiger partial charge < -0.3 is 5.73 Å². The van der Waals surface area contributed by atoms with Crippen molar-refractivity contribution in [1.29, 1.82) is 0 Å². The molecular formula is C13H13ClN4O2S. The summed E-state index contributed by atoms with van der Waals surface area (Å²) in [6.45, 7) is 0.508. The molecule has 0 radical (unpaired) electrons. The van der Waals surface area contributed by atoms with Gasteiger partial charge in [0.25, 0.3) is 0 Å². The molecule has 0 aliphatic carbocycles. The summed E-state index contributed by atoms with van der Waals surface area (Å²) in [6, 6.07) is 6.41. The normalized spacial score (nSPS) is 15.7. The van der Waals surface area contributed by atoms with Crippen LogP contribution in [-0.2, 0) is 23.0 Å². The van der Waals surface area contributed by atoms with E-state index in [0.29, 0.717) is 24.5 Å². The van der Waals surface area contributed by atoms with Crippen LogP contribution in [-0.4, -0.2) is 29.2 Å². The topological polar surface area (TPSA) is 89.2 Å². The van der Waals surface area contributed by atoms with E-state index in [9.17, 15) is 8.42 Å². The number of fused-ring (bicyclic) bond motifs is 1. The summed E-state index contributed by atoms with van der Waals surface area (Å²) in [7, 11) is -3.65. The number of hydrogen-bond donors (Lipinski definition) is 1. The van der Waals surface area contributed by atoms with Crippen LogP contribution in [0.25, 0.3) is 0 Å². The second kappa shape index (κ2) is 5.25. The molecule has 0 bridgehead atoms. The molecule has 8 heteroatoms. The lowest BCUT2D eigenvalue weighted by Crippen LogP contribution is -2.37. The predicted octanol–water partition coefficient (Wildman–Crippen LogP) is 1.46. The van der Waals surface area contributed by atoms with Crippen LogP contribution in [0.2, 0.25) is 5.02 Å². The lowest BCUT2D eigenvalue weighted by molar-refractivity contribution is 0.385. The van der Waals surface area contributed by atoms with Crippen molar-refractivity contribution in [3.8, 4) is 0 Å². The van der Waals surface area contributed by atoms with Crippen molar-refractivity contribution >= 4 is 27.4 Å². The third kappa shape index (κ3) is 2.48. The molecule has 0 atom stereocenters. The first-order chi connectivity index (χ1) is 10.00. The van der Waals surface area contributed by atoms with Gasteiger partial charge in [0.05, 0.1) is 17.3 Å². The van der Waals surface area contributed by atoms with Crippen LogP contribution in [0.1, 0.15) is 11.3 Å². The maximum Gasteiger partial charge on any atom is 0.244 e. The van der Waals surface area contributed by atoms with Crippen LogP contribution in [0.15, 0.2) is 35.5 Å². The Balaban J connectivity index is 1.98. The van der Waals surface area contributed by atoms with Crippen molar-refractivity contribution in [1.82, 2.24) is 14.3 Å². The average molecular weight is 325 g/mol. The van der Waals surface area contributed by atoms with E-state index in [1.54, 1.807) is 18.2 Å². The molecule has 1 aromatic heterocycles. The first-order valence-corrected chi connectivity index (χ1v) is 8.15. The number of anilines is 1. The van der Waals surface area contributed by atoms with E-state index in [2.05, 4.69) is 9.97 Å². The standard InChI is InChI=1S/C13H13ClN4O2S/c14-10-3-1-2-4-12(10)21(19,20)18-6-5-9-11(7-18)16-8-17-13(9)15/h1-4,8H,5-7H2,(H2,15,16,17). The quantitative estimate of drug-likeness (QED) is 0.903. The maximum atomic E-state index is 12.7. The fourth-order valence-electron chi connectivity index (χ4n) is 2.35. The highest BCUT2D eigenvalue weighted by Crippen LogP contribution is 2.29. The molecule has 0 amide bonds. The molecule has 6 nitrogen and oxygen atoms in total. The van der Waals surface area contributed by atoms with E-state index < -0.39 is 10.0 Å². The number of sulfonamides is 1. The molecule has 2 N–H and O–H groups in total. The Labute approximate surface area is 127 Å². The highest BCUT2D eigenvalue weighted by molar-refractivity contribution is 7.89. The van der Waals surface area contributed by atoms with E-state index in [-0.39, 0.29) is 16.5 Å². The van der Waals surface area contributed by atoms with Crippen molar-refractivity contribution in [2.75, 3.05) is 12.3 Å². The predicted molar refractivity (Wildman–Crippen MR) is 79.2 cm³/mol. The second-order valence-corrected chi connectivity index (χ2v) is 7.02. The van der Waals surface area contributed by atoms with Crippen molar-refractivity contribution in [3.05, 3.63) is 46.9 Å². The lowest BCUT2D eigenvalue weighted by atomic mass is 10.1. The Bertz CT molecular complexity index is 795. The molecule has 0 saturated carbocycles. The number of nitrogens with two attached hydrogens (primary N) is 1. The van der Waals surface area contributed by atoms with Gasteiger partial charge >= 0.3 is 0 Å². The SMILES string of the molecule is Nc1ncnc2c1CCN(S(=O)(=O)c1ccccc1Cl)C2. The Morgan fingerprint density at radius 2 is 2.00 bits per heavy atom. The van der Waals surface area contributed by atoms with Gasteiger partial charge in [0.2, 0.25) is 10.0 Å². The number of rotatable bonds is 2. The summed E-state index contributed by atoms with van der Waals surface area (Å²) in [4.78, 5) is 8.17. The molecule has 21 heavy (non-hydrogen) atoms. The fourth-order valence-corrected chi connectivity index (χ4v) is 4.25. The zero-order chi connectivity index (χ0) is 15.0. The van der Waals surface area contributed by atoms with Gasteiger partial charge in [-0.3, -0.25) is 0 Å². The van der Waals surface area contributed by atoms with Crippen LogP contribution in [0, 0.1) is 0 Å². The molecular weight excluding hydrogens is 312 g/mol. The van der Waals surface area contributed by atoms with Crippen molar-refractivity contribution in [2.45, 2.75) is 17.9 Å². The summed E-state index contributed by atoms with van der Waals surface area (Å²) in [5, 5.41) is 0.213. The van der Waals surface area contributed by atoms with Crippen LogP contribution >= 0.6 is 11.6 Å². The Kier molecular flexibility index (Phi) is 3.56. The molecule has 1 aliphatic rings. The molecule has 2 aromatic rings. The molecule has 2 heterocycles. The summed E-state index contributed by atoms with van der Waals surface area (Å²) in [5.41, 5.74) is 7.26. The number of aromatic nitrogens is 2. The largest absolute Gasteiger partial charge is 0.383 e. The monoisotopic (exact) mass is 324 g/mol. The Morgan fingerprint density at radius 3 is 2.76 bits per heavy atom. The summed E-state index contributed by atoms with van der Waals surface area (Å²) < 4.78 is 26.7. The van der Waals surface area contributed by atoms with Gasteiger partial charge in [-0.15, -0.1) is 0 Å².